The van der Waals surface area contributed by atoms with Crippen LogP contribution in [0.15, 0.2) is 30.6 Å². The van der Waals surface area contributed by atoms with Crippen LogP contribution in [0.4, 0.5) is 11.4 Å². The zero-order valence-electron chi connectivity index (χ0n) is 9.86. The molecule has 0 atom stereocenters. The lowest BCUT2D eigenvalue weighted by Gasteiger charge is -2.03. The summed E-state index contributed by atoms with van der Waals surface area (Å²) in [6.45, 7) is 0. The average Bonchev–Trinajstić information content (AvgIpc) is 2.88. The highest BCUT2D eigenvalue weighted by Crippen LogP contribution is 2.18. The van der Waals surface area contributed by atoms with Gasteiger partial charge in [0.15, 0.2) is 11.4 Å². The number of benzene rings is 1. The van der Waals surface area contributed by atoms with E-state index in [1.165, 1.54) is 18.2 Å². The fourth-order valence-electron chi connectivity index (χ4n) is 1.52. The van der Waals surface area contributed by atoms with E-state index in [1.54, 1.807) is 0 Å². The Bertz CT molecular complexity index is 694. The molecule has 0 radical (unpaired) electrons. The quantitative estimate of drug-likeness (QED) is 0.567. The van der Waals surface area contributed by atoms with E-state index in [1.807, 2.05) is 0 Å². The Kier molecular flexibility index (Phi) is 3.42. The van der Waals surface area contributed by atoms with E-state index in [9.17, 15) is 19.7 Å². The number of aromatic carboxylic acids is 1. The number of aromatic amines is 1. The van der Waals surface area contributed by atoms with Crippen molar-refractivity contribution in [3.8, 4) is 0 Å². The average molecular weight is 276 g/mol. The third-order valence-corrected chi connectivity index (χ3v) is 2.38. The van der Waals surface area contributed by atoms with Crippen molar-refractivity contribution in [1.29, 1.82) is 0 Å². The molecule has 9 nitrogen and oxygen atoms in total. The van der Waals surface area contributed by atoms with E-state index >= 15 is 0 Å². The molecule has 0 aliphatic rings. The number of carboxylic acids is 1. The number of amides is 1. The van der Waals surface area contributed by atoms with Crippen LogP contribution in [0.5, 0.6) is 0 Å². The SMILES string of the molecule is O=C(Nc1cccc([N+](=O)[O-])c1)c1nc[nH]c1C(=O)O. The van der Waals surface area contributed by atoms with Crippen LogP contribution < -0.4 is 5.32 Å². The third kappa shape index (κ3) is 2.61. The molecule has 2 aromatic rings. The summed E-state index contributed by atoms with van der Waals surface area (Å²) in [5, 5.41) is 21.8. The van der Waals surface area contributed by atoms with Gasteiger partial charge < -0.3 is 15.4 Å². The van der Waals surface area contributed by atoms with Gasteiger partial charge in [-0.25, -0.2) is 9.78 Å². The molecule has 102 valence electrons. The Hall–Kier alpha value is -3.23. The number of nitro groups is 1. The minimum absolute atomic E-state index is 0.170. The summed E-state index contributed by atoms with van der Waals surface area (Å²) in [5.74, 6) is -2.10. The van der Waals surface area contributed by atoms with Gasteiger partial charge in [-0.2, -0.15) is 0 Å². The van der Waals surface area contributed by atoms with Crippen LogP contribution in [0.3, 0.4) is 0 Å². The summed E-state index contributed by atoms with van der Waals surface area (Å²) < 4.78 is 0. The molecule has 0 fully saturated rings. The largest absolute Gasteiger partial charge is 0.477 e. The number of carbonyl (C=O) groups is 2. The van der Waals surface area contributed by atoms with Crippen LogP contribution in [-0.2, 0) is 0 Å². The second-order valence-corrected chi connectivity index (χ2v) is 3.69. The number of hydrogen-bond acceptors (Lipinski definition) is 5. The van der Waals surface area contributed by atoms with Gasteiger partial charge in [0.25, 0.3) is 11.6 Å². The lowest BCUT2D eigenvalue weighted by molar-refractivity contribution is -0.384. The van der Waals surface area contributed by atoms with Gasteiger partial charge in [0, 0.05) is 17.8 Å². The minimum atomic E-state index is -1.33. The first-order chi connectivity index (χ1) is 9.49. The smallest absolute Gasteiger partial charge is 0.354 e. The molecule has 0 saturated carbocycles. The van der Waals surface area contributed by atoms with Crippen molar-refractivity contribution in [3.63, 3.8) is 0 Å². The predicted molar refractivity (Wildman–Crippen MR) is 66.6 cm³/mol. The maximum absolute atomic E-state index is 11.9. The second-order valence-electron chi connectivity index (χ2n) is 3.69. The Morgan fingerprint density at radius 1 is 1.40 bits per heavy atom. The lowest BCUT2D eigenvalue weighted by atomic mass is 10.2. The van der Waals surface area contributed by atoms with Crippen molar-refractivity contribution in [3.05, 3.63) is 52.1 Å². The van der Waals surface area contributed by atoms with Crippen molar-refractivity contribution in [2.45, 2.75) is 0 Å². The zero-order valence-corrected chi connectivity index (χ0v) is 9.86. The molecule has 0 aliphatic carbocycles. The maximum Gasteiger partial charge on any atom is 0.354 e. The van der Waals surface area contributed by atoms with Crippen LogP contribution in [0.25, 0.3) is 0 Å². The molecule has 0 bridgehead atoms. The number of imidazole rings is 1. The molecular formula is C11H8N4O5. The Morgan fingerprint density at radius 2 is 2.15 bits per heavy atom. The summed E-state index contributed by atoms with van der Waals surface area (Å²) in [4.78, 5) is 38.6. The molecule has 3 N–H and O–H groups in total. The number of nitrogens with one attached hydrogen (secondary N) is 2. The van der Waals surface area contributed by atoms with E-state index in [4.69, 9.17) is 5.11 Å². The number of rotatable bonds is 4. The number of aromatic nitrogens is 2. The lowest BCUT2D eigenvalue weighted by Crippen LogP contribution is -2.16. The number of H-pyrrole nitrogens is 1. The van der Waals surface area contributed by atoms with Crippen molar-refractivity contribution >= 4 is 23.3 Å². The molecule has 2 rings (SSSR count). The summed E-state index contributed by atoms with van der Waals surface area (Å²) in [6.07, 6.45) is 1.08. The topological polar surface area (TPSA) is 138 Å². The first-order valence-electron chi connectivity index (χ1n) is 5.31. The molecule has 9 heteroatoms. The highest BCUT2D eigenvalue weighted by atomic mass is 16.6. The molecular weight excluding hydrogens is 268 g/mol. The fourth-order valence-corrected chi connectivity index (χ4v) is 1.52. The number of carbonyl (C=O) groups excluding carboxylic acids is 1. The molecule has 0 aliphatic heterocycles. The van der Waals surface area contributed by atoms with Gasteiger partial charge in [0.05, 0.1) is 11.3 Å². The maximum atomic E-state index is 11.9. The summed E-state index contributed by atoms with van der Waals surface area (Å²) in [5.41, 5.74) is -0.677. The van der Waals surface area contributed by atoms with Crippen LogP contribution in [0.1, 0.15) is 21.0 Å². The Morgan fingerprint density at radius 3 is 2.80 bits per heavy atom. The third-order valence-electron chi connectivity index (χ3n) is 2.38. The predicted octanol–water partition coefficient (Wildman–Crippen LogP) is 1.27. The highest BCUT2D eigenvalue weighted by Gasteiger charge is 2.20. The van der Waals surface area contributed by atoms with Gasteiger partial charge >= 0.3 is 5.97 Å². The molecule has 1 aromatic heterocycles. The van der Waals surface area contributed by atoms with Crippen LogP contribution in [0.2, 0.25) is 0 Å². The summed E-state index contributed by atoms with van der Waals surface area (Å²) in [6, 6.07) is 5.27. The first kappa shape index (κ1) is 13.2. The van der Waals surface area contributed by atoms with Crippen LogP contribution >= 0.6 is 0 Å². The van der Waals surface area contributed by atoms with E-state index < -0.39 is 16.8 Å². The number of nitro benzene ring substituents is 1. The van der Waals surface area contributed by atoms with Gasteiger partial charge in [0.2, 0.25) is 0 Å². The monoisotopic (exact) mass is 276 g/mol. The van der Waals surface area contributed by atoms with Gasteiger partial charge in [-0.15, -0.1) is 0 Å². The number of anilines is 1. The molecule has 1 amide bonds. The number of non-ortho nitro benzene ring substituents is 1. The zero-order chi connectivity index (χ0) is 14.7. The van der Waals surface area contributed by atoms with Crippen molar-refractivity contribution < 1.29 is 19.6 Å². The standard InChI is InChI=1S/C11H8N4O5/c16-10(8-9(11(17)18)13-5-12-8)14-6-2-1-3-7(4-6)15(19)20/h1-5H,(H,12,13)(H,14,16)(H,17,18). The molecule has 0 unspecified atom stereocenters. The first-order valence-corrected chi connectivity index (χ1v) is 5.31. The number of carboxylic acid groups (broad SMARTS) is 1. The van der Waals surface area contributed by atoms with E-state index in [0.29, 0.717) is 0 Å². The van der Waals surface area contributed by atoms with Crippen molar-refractivity contribution in [2.75, 3.05) is 5.32 Å². The van der Waals surface area contributed by atoms with E-state index in [0.717, 1.165) is 12.4 Å². The highest BCUT2D eigenvalue weighted by molar-refractivity contribution is 6.08. The van der Waals surface area contributed by atoms with Crippen LogP contribution in [0, 0.1) is 10.1 Å². The van der Waals surface area contributed by atoms with Gasteiger partial charge in [0.1, 0.15) is 0 Å². The van der Waals surface area contributed by atoms with Gasteiger partial charge in [-0.3, -0.25) is 14.9 Å². The Labute approximate surface area is 111 Å². The molecule has 1 heterocycles. The van der Waals surface area contributed by atoms with E-state index in [-0.39, 0.29) is 22.8 Å². The minimum Gasteiger partial charge on any atom is -0.477 e. The molecule has 0 spiro atoms. The van der Waals surface area contributed by atoms with Gasteiger partial charge in [-0.1, -0.05) is 6.07 Å². The van der Waals surface area contributed by atoms with Crippen molar-refractivity contribution in [2.24, 2.45) is 0 Å². The van der Waals surface area contributed by atoms with Gasteiger partial charge in [-0.05, 0) is 6.07 Å². The second kappa shape index (κ2) is 5.18. The number of hydrogen-bond donors (Lipinski definition) is 3. The molecule has 20 heavy (non-hydrogen) atoms. The number of nitrogens with zero attached hydrogens (tertiary/aromatic N) is 2. The van der Waals surface area contributed by atoms with Crippen LogP contribution in [-0.4, -0.2) is 31.9 Å². The Balaban J connectivity index is 2.23. The molecule has 0 saturated heterocycles. The summed E-state index contributed by atoms with van der Waals surface area (Å²) >= 11 is 0. The van der Waals surface area contributed by atoms with E-state index in [2.05, 4.69) is 15.3 Å². The van der Waals surface area contributed by atoms with Crippen molar-refractivity contribution in [1.82, 2.24) is 9.97 Å². The summed E-state index contributed by atoms with van der Waals surface area (Å²) in [7, 11) is 0. The molecule has 1 aromatic carbocycles. The fraction of sp³-hybridized carbons (Fsp3) is 0. The normalized spacial score (nSPS) is 10.0.